The summed E-state index contributed by atoms with van der Waals surface area (Å²) in [6.07, 6.45) is 17.4. The van der Waals surface area contributed by atoms with E-state index in [0.717, 1.165) is 19.3 Å². The van der Waals surface area contributed by atoms with Crippen molar-refractivity contribution in [3.8, 4) is 0 Å². The molecule has 0 N–H and O–H groups in total. The molecule has 0 aliphatic heterocycles. The van der Waals surface area contributed by atoms with Crippen LogP contribution in [-0.2, 0) is 19.6 Å². The van der Waals surface area contributed by atoms with Crippen molar-refractivity contribution in [3.63, 3.8) is 0 Å². The molecule has 0 rings (SSSR count). The van der Waals surface area contributed by atoms with Gasteiger partial charge in [-0.15, -0.1) is 0 Å². The van der Waals surface area contributed by atoms with Crippen LogP contribution in [-0.4, -0.2) is 31.3 Å². The quantitative estimate of drug-likeness (QED) is 0.152. The topological polar surface area (TPSA) is 83.5 Å². The van der Waals surface area contributed by atoms with Gasteiger partial charge in [-0.1, -0.05) is 90.4 Å². The molecule has 0 aliphatic rings. The van der Waals surface area contributed by atoms with Crippen LogP contribution in [0, 0.1) is 0 Å². The number of ether oxygens (including phenoxy) is 1. The van der Waals surface area contributed by atoms with E-state index in [1.807, 2.05) is 0 Å². The number of hydrogen-bond donors (Lipinski definition) is 0. The monoisotopic (exact) mass is 400 g/mol. The maximum absolute atomic E-state index is 11.2. The predicted molar refractivity (Wildman–Crippen MR) is 100 cm³/mol. The van der Waals surface area contributed by atoms with Crippen LogP contribution in [0.5, 0.6) is 0 Å². The van der Waals surface area contributed by atoms with E-state index in [4.69, 9.17) is 4.74 Å². The number of carbonyl (C=O) groups is 1. The van der Waals surface area contributed by atoms with Gasteiger partial charge in [0.2, 0.25) is 0 Å². The minimum Gasteiger partial charge on any atom is -0.748 e. The third-order valence-corrected chi connectivity index (χ3v) is 5.02. The Balaban J connectivity index is 0. The zero-order chi connectivity index (χ0) is 18.8. The van der Waals surface area contributed by atoms with Gasteiger partial charge in [-0.2, -0.15) is 0 Å². The van der Waals surface area contributed by atoms with Crippen LogP contribution in [0.3, 0.4) is 0 Å². The van der Waals surface area contributed by atoms with Gasteiger partial charge in [-0.25, -0.2) is 8.42 Å². The van der Waals surface area contributed by atoms with Gasteiger partial charge in [-0.05, 0) is 6.42 Å². The normalized spacial score (nSPS) is 11.2. The van der Waals surface area contributed by atoms with Crippen LogP contribution in [0.1, 0.15) is 103 Å². The molecule has 0 radical (unpaired) electrons. The molecule has 150 valence electrons. The first-order chi connectivity index (χ1) is 12.0. The number of carbonyl (C=O) groups excluding carboxylic acids is 1. The van der Waals surface area contributed by atoms with Crippen molar-refractivity contribution in [3.05, 3.63) is 0 Å². The van der Waals surface area contributed by atoms with Crippen LogP contribution in [0.2, 0.25) is 0 Å². The fourth-order valence-corrected chi connectivity index (χ4v) is 3.18. The summed E-state index contributed by atoms with van der Waals surface area (Å²) in [5.74, 6) is -1.28. The van der Waals surface area contributed by atoms with E-state index in [2.05, 4.69) is 6.92 Å². The molecule has 0 fully saturated rings. The first-order valence-electron chi connectivity index (χ1n) is 10.0. The molecule has 0 saturated carbocycles. The summed E-state index contributed by atoms with van der Waals surface area (Å²) in [4.78, 5) is 11.2. The molecule has 0 aromatic rings. The van der Waals surface area contributed by atoms with Gasteiger partial charge in [0.25, 0.3) is 0 Å². The molecule has 0 spiro atoms. The van der Waals surface area contributed by atoms with E-state index >= 15 is 0 Å². The van der Waals surface area contributed by atoms with Crippen molar-refractivity contribution < 1.29 is 52.1 Å². The van der Waals surface area contributed by atoms with Crippen LogP contribution in [0.25, 0.3) is 0 Å². The average molecular weight is 401 g/mol. The second-order valence-corrected chi connectivity index (χ2v) is 8.35. The van der Waals surface area contributed by atoms with Crippen molar-refractivity contribution >= 4 is 16.1 Å². The summed E-state index contributed by atoms with van der Waals surface area (Å²) >= 11 is 0. The van der Waals surface area contributed by atoms with Crippen molar-refractivity contribution in [2.75, 3.05) is 12.4 Å². The number of hydrogen-bond acceptors (Lipinski definition) is 5. The van der Waals surface area contributed by atoms with Gasteiger partial charge < -0.3 is 9.29 Å². The second kappa shape index (κ2) is 20.1. The molecule has 0 atom stereocenters. The molecule has 0 aliphatic carbocycles. The van der Waals surface area contributed by atoms with E-state index in [0.29, 0.717) is 6.61 Å². The van der Waals surface area contributed by atoms with Gasteiger partial charge in [-0.3, -0.25) is 4.79 Å². The van der Waals surface area contributed by atoms with E-state index < -0.39 is 21.8 Å². The number of rotatable bonds is 18. The van der Waals surface area contributed by atoms with Crippen molar-refractivity contribution in [2.45, 2.75) is 103 Å². The summed E-state index contributed by atoms with van der Waals surface area (Å²) in [5, 5.41) is 0. The molecule has 0 heterocycles. The van der Waals surface area contributed by atoms with E-state index in [1.165, 1.54) is 70.6 Å². The Labute approximate surface area is 183 Å². The summed E-state index contributed by atoms with van der Waals surface area (Å²) in [6, 6.07) is 0. The Bertz CT molecular complexity index is 412. The largest absolute Gasteiger partial charge is 1.00 e. The molecule has 0 aromatic heterocycles. The average Bonchev–Trinajstić information content (AvgIpc) is 2.56. The standard InChI is InChI=1S/C19H38O5S.Na/c1-2-3-4-5-6-7-8-9-10-11-12-13-14-15-17-24-19(20)16-18-25(21,22)23;/h2-18H2,1H3,(H,21,22,23);/q;+1/p-1. The van der Waals surface area contributed by atoms with Crippen LogP contribution < -0.4 is 29.6 Å². The van der Waals surface area contributed by atoms with Crippen molar-refractivity contribution in [2.24, 2.45) is 0 Å². The van der Waals surface area contributed by atoms with E-state index in [1.54, 1.807) is 0 Å². The van der Waals surface area contributed by atoms with Crippen LogP contribution >= 0.6 is 0 Å². The maximum atomic E-state index is 11.2. The Hall–Kier alpha value is 0.380. The SMILES string of the molecule is CCCCCCCCCCCCCCCCOC(=O)CCS(=O)(=O)[O-].[Na+]. The molecule has 0 saturated heterocycles. The molecule has 0 unspecified atom stereocenters. The minimum atomic E-state index is -4.33. The number of esters is 1. The Morgan fingerprint density at radius 3 is 1.54 bits per heavy atom. The molecule has 0 aromatic carbocycles. The molecule has 0 bridgehead atoms. The molecular formula is C19H37NaO5S. The zero-order valence-electron chi connectivity index (χ0n) is 17.0. The van der Waals surface area contributed by atoms with E-state index in [9.17, 15) is 17.8 Å². The van der Waals surface area contributed by atoms with Crippen molar-refractivity contribution in [1.82, 2.24) is 0 Å². The summed E-state index contributed by atoms with van der Waals surface area (Å²) < 4.78 is 36.1. The fourth-order valence-electron chi connectivity index (χ4n) is 2.76. The minimum absolute atomic E-state index is 0. The van der Waals surface area contributed by atoms with Gasteiger partial charge >= 0.3 is 35.5 Å². The smallest absolute Gasteiger partial charge is 0.748 e. The molecule has 26 heavy (non-hydrogen) atoms. The molecule has 5 nitrogen and oxygen atoms in total. The number of unbranched alkanes of at least 4 members (excludes halogenated alkanes) is 13. The van der Waals surface area contributed by atoms with Crippen LogP contribution in [0.15, 0.2) is 0 Å². The third kappa shape index (κ3) is 24.4. The van der Waals surface area contributed by atoms with Gasteiger partial charge in [0, 0.05) is 5.75 Å². The first kappa shape index (κ1) is 28.6. The fraction of sp³-hybridized carbons (Fsp3) is 0.947. The third-order valence-electron chi connectivity index (χ3n) is 4.32. The Morgan fingerprint density at radius 2 is 1.15 bits per heavy atom. The maximum Gasteiger partial charge on any atom is 1.00 e. The van der Waals surface area contributed by atoms with Gasteiger partial charge in [0.15, 0.2) is 0 Å². The Kier molecular flexibility index (Phi) is 22.1. The second-order valence-electron chi connectivity index (χ2n) is 6.83. The van der Waals surface area contributed by atoms with Gasteiger partial charge in [0.1, 0.15) is 0 Å². The summed E-state index contributed by atoms with van der Waals surface area (Å²) in [6.45, 7) is 2.56. The van der Waals surface area contributed by atoms with Gasteiger partial charge in [0.05, 0.1) is 23.1 Å². The zero-order valence-corrected chi connectivity index (χ0v) is 19.8. The van der Waals surface area contributed by atoms with E-state index in [-0.39, 0.29) is 36.0 Å². The molecule has 7 heteroatoms. The molecule has 0 amide bonds. The molecular weight excluding hydrogens is 363 g/mol. The summed E-state index contributed by atoms with van der Waals surface area (Å²) in [7, 11) is -4.33. The Morgan fingerprint density at radius 1 is 0.769 bits per heavy atom. The van der Waals surface area contributed by atoms with Crippen molar-refractivity contribution in [1.29, 1.82) is 0 Å². The predicted octanol–water partition coefficient (Wildman–Crippen LogP) is 1.95. The first-order valence-corrected chi connectivity index (χ1v) is 11.6. The summed E-state index contributed by atoms with van der Waals surface area (Å²) in [5.41, 5.74) is 0. The van der Waals surface area contributed by atoms with Crippen LogP contribution in [0.4, 0.5) is 0 Å².